The van der Waals surface area contributed by atoms with Crippen LogP contribution in [0.25, 0.3) is 11.4 Å². The molecule has 2 N–H and O–H groups in total. The van der Waals surface area contributed by atoms with Crippen LogP contribution in [-0.4, -0.2) is 40.6 Å². The number of hydrogen-bond acceptors (Lipinski definition) is 4. The van der Waals surface area contributed by atoms with E-state index in [9.17, 15) is 0 Å². The van der Waals surface area contributed by atoms with Crippen molar-refractivity contribution >= 4 is 41.5 Å². The van der Waals surface area contributed by atoms with Crippen molar-refractivity contribution in [3.05, 3.63) is 35.2 Å². The molecule has 0 saturated heterocycles. The first-order valence-electron chi connectivity index (χ1n) is 7.25. The summed E-state index contributed by atoms with van der Waals surface area (Å²) in [5.41, 5.74) is 6.76. The zero-order chi connectivity index (χ0) is 15.5. The van der Waals surface area contributed by atoms with Crippen molar-refractivity contribution in [3.63, 3.8) is 0 Å². The SMILES string of the molecule is CN(C(N)=NCCc1nc(-c2cccc(Cl)c2)no1)C1CC1.I. The smallest absolute Gasteiger partial charge is 0.228 e. The van der Waals surface area contributed by atoms with Crippen LogP contribution in [0.5, 0.6) is 0 Å². The van der Waals surface area contributed by atoms with E-state index in [4.69, 9.17) is 21.9 Å². The number of nitrogens with two attached hydrogens (primary N) is 1. The molecule has 0 amide bonds. The molecule has 1 aliphatic carbocycles. The maximum absolute atomic E-state index is 5.96. The number of halogens is 2. The van der Waals surface area contributed by atoms with Crippen molar-refractivity contribution in [1.82, 2.24) is 15.0 Å². The summed E-state index contributed by atoms with van der Waals surface area (Å²) < 4.78 is 5.23. The van der Waals surface area contributed by atoms with E-state index in [-0.39, 0.29) is 24.0 Å². The molecule has 8 heteroatoms. The molecule has 0 atom stereocenters. The molecule has 6 nitrogen and oxygen atoms in total. The highest BCUT2D eigenvalue weighted by Crippen LogP contribution is 2.24. The quantitative estimate of drug-likeness (QED) is 0.433. The number of rotatable bonds is 5. The van der Waals surface area contributed by atoms with Gasteiger partial charge in [-0.2, -0.15) is 4.98 Å². The molecule has 0 aliphatic heterocycles. The van der Waals surface area contributed by atoms with Gasteiger partial charge in [-0.15, -0.1) is 24.0 Å². The molecular weight excluding hydrogens is 429 g/mol. The van der Waals surface area contributed by atoms with E-state index in [1.54, 1.807) is 12.1 Å². The summed E-state index contributed by atoms with van der Waals surface area (Å²) in [6, 6.07) is 7.91. The summed E-state index contributed by atoms with van der Waals surface area (Å²) in [6.07, 6.45) is 2.95. The minimum absolute atomic E-state index is 0. The van der Waals surface area contributed by atoms with Crippen molar-refractivity contribution in [2.24, 2.45) is 10.7 Å². The van der Waals surface area contributed by atoms with E-state index in [1.807, 2.05) is 24.1 Å². The van der Waals surface area contributed by atoms with Gasteiger partial charge in [0, 0.05) is 30.1 Å². The van der Waals surface area contributed by atoms with Crippen LogP contribution in [0.15, 0.2) is 33.8 Å². The fraction of sp³-hybridized carbons (Fsp3) is 0.400. The molecule has 1 saturated carbocycles. The van der Waals surface area contributed by atoms with Crippen LogP contribution >= 0.6 is 35.6 Å². The zero-order valence-electron chi connectivity index (χ0n) is 12.8. The molecule has 1 aliphatic rings. The van der Waals surface area contributed by atoms with Gasteiger partial charge in [-0.3, -0.25) is 4.99 Å². The van der Waals surface area contributed by atoms with Crippen LogP contribution in [0, 0.1) is 0 Å². The maximum atomic E-state index is 5.96. The normalized spacial score (nSPS) is 14.4. The van der Waals surface area contributed by atoms with Crippen LogP contribution in [0.3, 0.4) is 0 Å². The highest BCUT2D eigenvalue weighted by atomic mass is 127. The van der Waals surface area contributed by atoms with Crippen molar-refractivity contribution < 1.29 is 4.52 Å². The van der Waals surface area contributed by atoms with Crippen LogP contribution in [0.1, 0.15) is 18.7 Å². The van der Waals surface area contributed by atoms with E-state index in [0.717, 1.165) is 5.56 Å². The van der Waals surface area contributed by atoms with Gasteiger partial charge in [0.05, 0.1) is 6.54 Å². The Morgan fingerprint density at radius 3 is 2.96 bits per heavy atom. The van der Waals surface area contributed by atoms with Crippen LogP contribution < -0.4 is 5.73 Å². The first kappa shape index (κ1) is 18.0. The fourth-order valence-corrected chi connectivity index (χ4v) is 2.32. The van der Waals surface area contributed by atoms with Gasteiger partial charge in [-0.25, -0.2) is 0 Å². The van der Waals surface area contributed by atoms with E-state index < -0.39 is 0 Å². The molecule has 23 heavy (non-hydrogen) atoms. The lowest BCUT2D eigenvalue weighted by atomic mass is 10.2. The van der Waals surface area contributed by atoms with Gasteiger partial charge in [-0.1, -0.05) is 28.9 Å². The molecular formula is C15H19ClIN5O. The highest BCUT2D eigenvalue weighted by molar-refractivity contribution is 14.0. The average Bonchev–Trinajstić information content (AvgIpc) is 3.25. The molecule has 1 aromatic carbocycles. The fourth-order valence-electron chi connectivity index (χ4n) is 2.13. The second-order valence-corrected chi connectivity index (χ2v) is 5.79. The monoisotopic (exact) mass is 447 g/mol. The lowest BCUT2D eigenvalue weighted by Crippen LogP contribution is -2.35. The number of aliphatic imine (C=N–C) groups is 1. The first-order valence-corrected chi connectivity index (χ1v) is 7.62. The Morgan fingerprint density at radius 2 is 2.26 bits per heavy atom. The Labute approximate surface area is 157 Å². The summed E-state index contributed by atoms with van der Waals surface area (Å²) in [5.74, 6) is 1.64. The standard InChI is InChI=1S/C15H18ClN5O.HI/c1-21(12-5-6-12)15(17)18-8-7-13-19-14(20-22-13)10-3-2-4-11(16)9-10;/h2-4,9,12H,5-8H2,1H3,(H2,17,18);1H. The molecule has 0 unspecified atom stereocenters. The van der Waals surface area contributed by atoms with Crippen LogP contribution in [-0.2, 0) is 6.42 Å². The van der Waals surface area contributed by atoms with E-state index in [0.29, 0.717) is 41.7 Å². The molecule has 124 valence electrons. The third-order valence-electron chi connectivity index (χ3n) is 3.61. The lowest BCUT2D eigenvalue weighted by Gasteiger charge is -2.16. The second-order valence-electron chi connectivity index (χ2n) is 5.35. The summed E-state index contributed by atoms with van der Waals surface area (Å²) in [6.45, 7) is 0.528. The molecule has 0 spiro atoms. The molecule has 3 rings (SSSR count). The number of hydrogen-bond donors (Lipinski definition) is 1. The largest absolute Gasteiger partial charge is 0.370 e. The van der Waals surface area contributed by atoms with Crippen LogP contribution in [0.4, 0.5) is 0 Å². The summed E-state index contributed by atoms with van der Waals surface area (Å²) >= 11 is 5.96. The number of nitrogens with zero attached hydrogens (tertiary/aromatic N) is 4. The van der Waals surface area contributed by atoms with Gasteiger partial charge in [0.25, 0.3) is 0 Å². The van der Waals surface area contributed by atoms with Gasteiger partial charge < -0.3 is 15.2 Å². The third-order valence-corrected chi connectivity index (χ3v) is 3.84. The topological polar surface area (TPSA) is 80.5 Å². The van der Waals surface area contributed by atoms with E-state index in [2.05, 4.69) is 15.1 Å². The molecule has 1 fully saturated rings. The van der Waals surface area contributed by atoms with Gasteiger partial charge in [0.2, 0.25) is 11.7 Å². The minimum Gasteiger partial charge on any atom is -0.370 e. The van der Waals surface area contributed by atoms with Gasteiger partial charge in [0.1, 0.15) is 0 Å². The predicted molar refractivity (Wildman–Crippen MR) is 101 cm³/mol. The molecule has 0 radical (unpaired) electrons. The summed E-state index contributed by atoms with van der Waals surface area (Å²) in [5, 5.41) is 4.61. The minimum atomic E-state index is 0. The van der Waals surface area contributed by atoms with Gasteiger partial charge in [-0.05, 0) is 25.0 Å². The predicted octanol–water partition coefficient (Wildman–Crippen LogP) is 2.96. The number of benzene rings is 1. The highest BCUT2D eigenvalue weighted by Gasteiger charge is 2.27. The Kier molecular flexibility index (Phi) is 6.23. The first-order chi connectivity index (χ1) is 10.6. The molecule has 2 aromatic rings. The van der Waals surface area contributed by atoms with Crippen molar-refractivity contribution in [2.75, 3.05) is 13.6 Å². The third kappa shape index (κ3) is 4.81. The number of guanidine groups is 1. The number of aromatic nitrogens is 2. The Morgan fingerprint density at radius 1 is 1.48 bits per heavy atom. The van der Waals surface area contributed by atoms with Crippen molar-refractivity contribution in [2.45, 2.75) is 25.3 Å². The van der Waals surface area contributed by atoms with Gasteiger partial charge >= 0.3 is 0 Å². The van der Waals surface area contributed by atoms with Crippen molar-refractivity contribution in [1.29, 1.82) is 0 Å². The maximum Gasteiger partial charge on any atom is 0.228 e. The average molecular weight is 448 g/mol. The zero-order valence-corrected chi connectivity index (χ0v) is 15.9. The molecule has 1 aromatic heterocycles. The van der Waals surface area contributed by atoms with E-state index in [1.165, 1.54) is 12.8 Å². The van der Waals surface area contributed by atoms with E-state index >= 15 is 0 Å². The summed E-state index contributed by atoms with van der Waals surface area (Å²) in [4.78, 5) is 10.7. The lowest BCUT2D eigenvalue weighted by molar-refractivity contribution is 0.380. The molecule has 0 bridgehead atoms. The summed E-state index contributed by atoms with van der Waals surface area (Å²) in [7, 11) is 1.97. The Hall–Kier alpha value is -1.35. The van der Waals surface area contributed by atoms with Crippen molar-refractivity contribution in [3.8, 4) is 11.4 Å². The second kappa shape index (κ2) is 7.96. The Balaban J connectivity index is 0.00000192. The Bertz CT molecular complexity index is 686. The van der Waals surface area contributed by atoms with Crippen LogP contribution in [0.2, 0.25) is 5.02 Å². The molecule has 1 heterocycles. The van der Waals surface area contributed by atoms with Gasteiger partial charge in [0.15, 0.2) is 5.96 Å².